The Balaban J connectivity index is 1.65. The van der Waals surface area contributed by atoms with Gasteiger partial charge in [0.25, 0.3) is 5.91 Å². The molecule has 2 aromatic carbocycles. The van der Waals surface area contributed by atoms with E-state index in [1.807, 2.05) is 54.1 Å². The standard InChI is InChI=1S/C22H26N4O3/c1-16-6-3-4-8-18(16)23-22(27)20-17-7-5-9-19(28-2)21(17)26(24-20)11-10-25-12-14-29-15-13-25/h3-9H,10-15H2,1-2H3,(H,23,27). The van der Waals surface area contributed by atoms with Crippen molar-refractivity contribution < 1.29 is 14.3 Å². The first-order valence-corrected chi connectivity index (χ1v) is 9.88. The van der Waals surface area contributed by atoms with Crippen LogP contribution in [0.5, 0.6) is 5.75 Å². The Bertz CT molecular complexity index is 1010. The molecule has 2 heterocycles. The van der Waals surface area contributed by atoms with Gasteiger partial charge in [0, 0.05) is 30.7 Å². The van der Waals surface area contributed by atoms with E-state index in [9.17, 15) is 4.79 Å². The second-order valence-corrected chi connectivity index (χ2v) is 7.15. The monoisotopic (exact) mass is 394 g/mol. The van der Waals surface area contributed by atoms with Crippen LogP contribution in [0.2, 0.25) is 0 Å². The molecule has 0 spiro atoms. The van der Waals surface area contributed by atoms with Gasteiger partial charge >= 0.3 is 0 Å². The van der Waals surface area contributed by atoms with Gasteiger partial charge < -0.3 is 14.8 Å². The Hall–Kier alpha value is -2.90. The number of para-hydroxylation sites is 2. The lowest BCUT2D eigenvalue weighted by Crippen LogP contribution is -2.38. The van der Waals surface area contributed by atoms with E-state index in [4.69, 9.17) is 9.47 Å². The number of morpholine rings is 1. The number of rotatable bonds is 6. The Labute approximate surface area is 170 Å². The maximum absolute atomic E-state index is 13.0. The fourth-order valence-electron chi connectivity index (χ4n) is 3.65. The minimum Gasteiger partial charge on any atom is -0.494 e. The fraction of sp³-hybridized carbons (Fsp3) is 0.364. The summed E-state index contributed by atoms with van der Waals surface area (Å²) in [7, 11) is 1.64. The fourth-order valence-corrected chi connectivity index (χ4v) is 3.65. The number of carbonyl (C=O) groups excluding carboxylic acids is 1. The first kappa shape index (κ1) is 19.4. The number of carbonyl (C=O) groups is 1. The quantitative estimate of drug-likeness (QED) is 0.696. The lowest BCUT2D eigenvalue weighted by atomic mass is 10.1. The van der Waals surface area contributed by atoms with E-state index in [-0.39, 0.29) is 5.91 Å². The highest BCUT2D eigenvalue weighted by Crippen LogP contribution is 2.29. The van der Waals surface area contributed by atoms with E-state index in [2.05, 4.69) is 15.3 Å². The number of methoxy groups -OCH3 is 1. The first-order valence-electron chi connectivity index (χ1n) is 9.88. The predicted octanol–water partition coefficient (Wildman–Crippen LogP) is 2.94. The van der Waals surface area contributed by atoms with Crippen LogP contribution in [0.1, 0.15) is 16.1 Å². The number of aryl methyl sites for hydroxylation is 1. The van der Waals surface area contributed by atoms with Crippen LogP contribution in [0.25, 0.3) is 10.9 Å². The molecular formula is C22H26N4O3. The van der Waals surface area contributed by atoms with Gasteiger partial charge in [0.15, 0.2) is 5.69 Å². The number of ether oxygens (including phenoxy) is 2. The second kappa shape index (κ2) is 8.63. The highest BCUT2D eigenvalue weighted by atomic mass is 16.5. The number of hydrogen-bond acceptors (Lipinski definition) is 5. The van der Waals surface area contributed by atoms with Crippen LogP contribution in [0, 0.1) is 6.92 Å². The third kappa shape index (κ3) is 4.11. The van der Waals surface area contributed by atoms with Gasteiger partial charge in [-0.3, -0.25) is 14.4 Å². The topological polar surface area (TPSA) is 68.6 Å². The minimum absolute atomic E-state index is 0.220. The highest BCUT2D eigenvalue weighted by Gasteiger charge is 2.21. The van der Waals surface area contributed by atoms with Crippen LogP contribution in [0.3, 0.4) is 0 Å². The lowest BCUT2D eigenvalue weighted by molar-refractivity contribution is 0.0361. The van der Waals surface area contributed by atoms with Crippen molar-refractivity contribution in [2.24, 2.45) is 0 Å². The van der Waals surface area contributed by atoms with E-state index in [1.54, 1.807) is 7.11 Å². The molecule has 7 nitrogen and oxygen atoms in total. The number of anilines is 1. The van der Waals surface area contributed by atoms with Crippen molar-refractivity contribution in [3.8, 4) is 5.75 Å². The number of hydrogen-bond donors (Lipinski definition) is 1. The molecule has 1 fully saturated rings. The largest absolute Gasteiger partial charge is 0.494 e. The summed E-state index contributed by atoms with van der Waals surface area (Å²) < 4.78 is 12.9. The lowest BCUT2D eigenvalue weighted by Gasteiger charge is -2.26. The molecule has 29 heavy (non-hydrogen) atoms. The summed E-state index contributed by atoms with van der Waals surface area (Å²) in [5.74, 6) is 0.495. The number of aromatic nitrogens is 2. The van der Waals surface area contributed by atoms with Gasteiger partial charge in [-0.05, 0) is 24.6 Å². The molecule has 4 rings (SSSR count). The molecule has 0 saturated carbocycles. The molecule has 0 unspecified atom stereocenters. The molecule has 1 amide bonds. The maximum Gasteiger partial charge on any atom is 0.276 e. The van der Waals surface area contributed by atoms with E-state index < -0.39 is 0 Å². The normalized spacial score (nSPS) is 14.8. The van der Waals surface area contributed by atoms with Crippen LogP contribution >= 0.6 is 0 Å². The van der Waals surface area contributed by atoms with Crippen molar-refractivity contribution in [1.29, 1.82) is 0 Å². The molecule has 152 valence electrons. The number of benzene rings is 2. The number of amides is 1. The van der Waals surface area contributed by atoms with Crippen LogP contribution < -0.4 is 10.1 Å². The van der Waals surface area contributed by atoms with Gasteiger partial charge in [-0.2, -0.15) is 5.10 Å². The molecular weight excluding hydrogens is 368 g/mol. The smallest absolute Gasteiger partial charge is 0.276 e. The Kier molecular flexibility index (Phi) is 5.78. The number of fused-ring (bicyclic) bond motifs is 1. The molecule has 0 aliphatic carbocycles. The van der Waals surface area contributed by atoms with Gasteiger partial charge in [-0.1, -0.05) is 30.3 Å². The van der Waals surface area contributed by atoms with Crippen molar-refractivity contribution in [2.75, 3.05) is 45.3 Å². The van der Waals surface area contributed by atoms with Crippen LogP contribution in [0.15, 0.2) is 42.5 Å². The molecule has 1 aliphatic heterocycles. The van der Waals surface area contributed by atoms with Crippen LogP contribution in [-0.4, -0.2) is 60.5 Å². The molecule has 0 bridgehead atoms. The predicted molar refractivity (Wildman–Crippen MR) is 113 cm³/mol. The van der Waals surface area contributed by atoms with Gasteiger partial charge in [0.05, 0.1) is 26.9 Å². The third-order valence-corrected chi connectivity index (χ3v) is 5.29. The number of nitrogens with zero attached hydrogens (tertiary/aromatic N) is 3. The Morgan fingerprint density at radius 2 is 1.93 bits per heavy atom. The maximum atomic E-state index is 13.0. The van der Waals surface area contributed by atoms with E-state index >= 15 is 0 Å². The molecule has 1 saturated heterocycles. The molecule has 0 radical (unpaired) electrons. The molecule has 1 N–H and O–H groups in total. The van der Waals surface area contributed by atoms with Crippen molar-refractivity contribution in [3.05, 3.63) is 53.7 Å². The van der Waals surface area contributed by atoms with E-state index in [0.29, 0.717) is 18.0 Å². The summed E-state index contributed by atoms with van der Waals surface area (Å²) in [6.07, 6.45) is 0. The summed E-state index contributed by atoms with van der Waals surface area (Å²) >= 11 is 0. The van der Waals surface area contributed by atoms with Crippen molar-refractivity contribution in [2.45, 2.75) is 13.5 Å². The van der Waals surface area contributed by atoms with Crippen LogP contribution in [-0.2, 0) is 11.3 Å². The highest BCUT2D eigenvalue weighted by molar-refractivity contribution is 6.12. The zero-order chi connectivity index (χ0) is 20.2. The summed E-state index contributed by atoms with van der Waals surface area (Å²) in [5, 5.41) is 8.46. The van der Waals surface area contributed by atoms with Gasteiger partial charge in [-0.25, -0.2) is 0 Å². The summed E-state index contributed by atoms with van der Waals surface area (Å²) in [4.78, 5) is 15.4. The van der Waals surface area contributed by atoms with Crippen LogP contribution in [0.4, 0.5) is 5.69 Å². The van der Waals surface area contributed by atoms with Gasteiger partial charge in [-0.15, -0.1) is 0 Å². The Morgan fingerprint density at radius 3 is 2.69 bits per heavy atom. The SMILES string of the molecule is COc1cccc2c(C(=O)Nc3ccccc3C)nn(CCN3CCOCC3)c12. The zero-order valence-electron chi connectivity index (χ0n) is 16.9. The average Bonchev–Trinajstić information content (AvgIpc) is 3.14. The molecule has 7 heteroatoms. The average molecular weight is 394 g/mol. The van der Waals surface area contributed by atoms with E-state index in [1.165, 1.54) is 0 Å². The number of nitrogens with one attached hydrogen (secondary N) is 1. The summed E-state index contributed by atoms with van der Waals surface area (Å²) in [5.41, 5.74) is 3.05. The van der Waals surface area contributed by atoms with E-state index in [0.717, 1.165) is 55.0 Å². The molecule has 1 aliphatic rings. The molecule has 1 aromatic heterocycles. The van der Waals surface area contributed by atoms with Crippen molar-refractivity contribution in [3.63, 3.8) is 0 Å². The summed E-state index contributed by atoms with van der Waals surface area (Å²) in [6.45, 7) is 6.83. The third-order valence-electron chi connectivity index (χ3n) is 5.29. The second-order valence-electron chi connectivity index (χ2n) is 7.15. The van der Waals surface area contributed by atoms with Crippen molar-refractivity contribution in [1.82, 2.24) is 14.7 Å². The first-order chi connectivity index (χ1) is 14.2. The minimum atomic E-state index is -0.220. The molecule has 0 atom stereocenters. The van der Waals surface area contributed by atoms with Gasteiger partial charge in [0.2, 0.25) is 0 Å². The van der Waals surface area contributed by atoms with Crippen molar-refractivity contribution >= 4 is 22.5 Å². The Morgan fingerprint density at radius 1 is 1.14 bits per heavy atom. The van der Waals surface area contributed by atoms with Gasteiger partial charge in [0.1, 0.15) is 11.3 Å². The zero-order valence-corrected chi connectivity index (χ0v) is 16.9. The molecule has 3 aromatic rings. The summed E-state index contributed by atoms with van der Waals surface area (Å²) in [6, 6.07) is 13.4.